The van der Waals surface area contributed by atoms with Crippen LogP contribution in [0.1, 0.15) is 17.5 Å². The summed E-state index contributed by atoms with van der Waals surface area (Å²) in [6, 6.07) is 5.93. The number of carbonyl (C=O) groups is 1. The lowest BCUT2D eigenvalue weighted by Crippen LogP contribution is -2.10. The van der Waals surface area contributed by atoms with E-state index in [4.69, 9.17) is 4.74 Å². The van der Waals surface area contributed by atoms with Crippen molar-refractivity contribution in [1.29, 1.82) is 0 Å². The Bertz CT molecular complexity index is 765. The molecule has 0 unspecified atom stereocenters. The van der Waals surface area contributed by atoms with E-state index in [2.05, 4.69) is 15.3 Å². The Labute approximate surface area is 116 Å². The van der Waals surface area contributed by atoms with Crippen molar-refractivity contribution >= 4 is 22.3 Å². The number of ether oxygens (including phenoxy) is 1. The molecule has 3 rings (SSSR count). The fourth-order valence-electron chi connectivity index (χ4n) is 1.65. The monoisotopic (exact) mass is 292 g/mol. The van der Waals surface area contributed by atoms with Crippen LogP contribution < -0.4 is 0 Å². The zero-order valence-corrected chi connectivity index (χ0v) is 11.2. The molecule has 3 aromatic rings. The molecule has 2 heterocycles. The molecule has 0 aliphatic heterocycles. The fraction of sp³-hybridized carbons (Fsp3) is 0.167. The largest absolute Gasteiger partial charge is 0.460 e. The van der Waals surface area contributed by atoms with Gasteiger partial charge in [0.05, 0.1) is 6.61 Å². The lowest BCUT2D eigenvalue weighted by Gasteiger charge is -1.97. The van der Waals surface area contributed by atoms with Gasteiger partial charge in [-0.2, -0.15) is 9.61 Å². The summed E-state index contributed by atoms with van der Waals surface area (Å²) in [4.78, 5) is 12.2. The number of hydrogen-bond acceptors (Lipinski definition) is 6. The lowest BCUT2D eigenvalue weighted by atomic mass is 10.2. The molecule has 20 heavy (non-hydrogen) atoms. The van der Waals surface area contributed by atoms with Gasteiger partial charge in [-0.3, -0.25) is 0 Å². The first-order valence-electron chi connectivity index (χ1n) is 5.84. The highest BCUT2D eigenvalue weighted by molar-refractivity contribution is 7.19. The van der Waals surface area contributed by atoms with Gasteiger partial charge >= 0.3 is 5.97 Å². The number of hydrogen-bond donors (Lipinski definition) is 0. The zero-order valence-electron chi connectivity index (χ0n) is 10.4. The van der Waals surface area contributed by atoms with Gasteiger partial charge in [0, 0.05) is 5.56 Å². The van der Waals surface area contributed by atoms with Gasteiger partial charge in [-0.05, 0) is 31.2 Å². The number of rotatable bonds is 3. The molecule has 0 aliphatic rings. The first-order chi connectivity index (χ1) is 9.69. The van der Waals surface area contributed by atoms with Crippen molar-refractivity contribution in [3.8, 4) is 10.6 Å². The SMILES string of the molecule is CCOC(=O)c1nnc2sc(-c3ccc(F)cc3)nn12. The van der Waals surface area contributed by atoms with Crippen molar-refractivity contribution < 1.29 is 13.9 Å². The second-order valence-electron chi connectivity index (χ2n) is 3.85. The summed E-state index contributed by atoms with van der Waals surface area (Å²) >= 11 is 1.26. The van der Waals surface area contributed by atoms with Crippen molar-refractivity contribution in [3.05, 3.63) is 35.9 Å². The van der Waals surface area contributed by atoms with Gasteiger partial charge in [0.15, 0.2) is 0 Å². The van der Waals surface area contributed by atoms with Gasteiger partial charge < -0.3 is 4.74 Å². The van der Waals surface area contributed by atoms with Gasteiger partial charge in [-0.1, -0.05) is 11.3 Å². The quantitative estimate of drug-likeness (QED) is 0.692. The number of nitrogens with zero attached hydrogens (tertiary/aromatic N) is 4. The maximum atomic E-state index is 12.9. The molecule has 0 fully saturated rings. The van der Waals surface area contributed by atoms with Gasteiger partial charge in [0.25, 0.3) is 5.82 Å². The van der Waals surface area contributed by atoms with E-state index in [1.807, 2.05) is 0 Å². The standard InChI is InChI=1S/C12H9FN4O2S/c1-2-19-11(18)9-14-15-12-17(9)16-10(20-12)7-3-5-8(13)6-4-7/h3-6H,2H2,1H3. The number of esters is 1. The molecule has 0 amide bonds. The second-order valence-corrected chi connectivity index (χ2v) is 4.81. The minimum absolute atomic E-state index is 0.0338. The highest BCUT2D eigenvalue weighted by Gasteiger charge is 2.19. The van der Waals surface area contributed by atoms with Crippen LogP contribution in [-0.4, -0.2) is 32.4 Å². The summed E-state index contributed by atoms with van der Waals surface area (Å²) in [5.74, 6) is -0.855. The van der Waals surface area contributed by atoms with Gasteiger partial charge in [0.1, 0.15) is 10.8 Å². The van der Waals surface area contributed by atoms with E-state index in [1.165, 1.54) is 28.0 Å². The van der Waals surface area contributed by atoms with Crippen molar-refractivity contribution in [2.75, 3.05) is 6.61 Å². The van der Waals surface area contributed by atoms with E-state index in [1.54, 1.807) is 19.1 Å². The number of carbonyl (C=O) groups excluding carboxylic acids is 1. The number of halogens is 1. The summed E-state index contributed by atoms with van der Waals surface area (Å²) in [6.45, 7) is 1.96. The molecule has 2 aromatic heterocycles. The van der Waals surface area contributed by atoms with E-state index in [-0.39, 0.29) is 18.2 Å². The molecule has 102 valence electrons. The highest BCUT2D eigenvalue weighted by atomic mass is 32.1. The maximum absolute atomic E-state index is 12.9. The van der Waals surface area contributed by atoms with Gasteiger partial charge in [-0.25, -0.2) is 9.18 Å². The van der Waals surface area contributed by atoms with Crippen molar-refractivity contribution in [2.24, 2.45) is 0 Å². The zero-order chi connectivity index (χ0) is 14.1. The third kappa shape index (κ3) is 2.14. The van der Waals surface area contributed by atoms with E-state index < -0.39 is 5.97 Å². The van der Waals surface area contributed by atoms with E-state index >= 15 is 0 Å². The molecular weight excluding hydrogens is 283 g/mol. The van der Waals surface area contributed by atoms with Crippen molar-refractivity contribution in [1.82, 2.24) is 19.8 Å². The minimum Gasteiger partial charge on any atom is -0.460 e. The van der Waals surface area contributed by atoms with Crippen LogP contribution in [0, 0.1) is 5.82 Å². The maximum Gasteiger partial charge on any atom is 0.378 e. The van der Waals surface area contributed by atoms with Crippen LogP contribution in [0.5, 0.6) is 0 Å². The highest BCUT2D eigenvalue weighted by Crippen LogP contribution is 2.25. The average molecular weight is 292 g/mol. The first-order valence-corrected chi connectivity index (χ1v) is 6.66. The second kappa shape index (κ2) is 4.97. The minimum atomic E-state index is -0.573. The molecule has 0 atom stereocenters. The van der Waals surface area contributed by atoms with E-state index in [0.717, 1.165) is 5.56 Å². The summed E-state index contributed by atoms with van der Waals surface area (Å²) in [7, 11) is 0. The molecule has 0 spiro atoms. The van der Waals surface area contributed by atoms with Crippen molar-refractivity contribution in [2.45, 2.75) is 6.92 Å². The normalized spacial score (nSPS) is 10.9. The van der Waals surface area contributed by atoms with Gasteiger partial charge in [0.2, 0.25) is 4.96 Å². The molecule has 0 N–H and O–H groups in total. The number of aromatic nitrogens is 4. The number of fused-ring (bicyclic) bond motifs is 1. The van der Waals surface area contributed by atoms with E-state index in [9.17, 15) is 9.18 Å². The Kier molecular flexibility index (Phi) is 3.15. The summed E-state index contributed by atoms with van der Waals surface area (Å²) in [5.41, 5.74) is 0.747. The molecule has 0 radical (unpaired) electrons. The lowest BCUT2D eigenvalue weighted by molar-refractivity contribution is 0.0509. The van der Waals surface area contributed by atoms with Gasteiger partial charge in [-0.15, -0.1) is 10.2 Å². The molecule has 1 aromatic carbocycles. The summed E-state index contributed by atoms with van der Waals surface area (Å²) < 4.78 is 19.1. The molecule has 0 bridgehead atoms. The van der Waals surface area contributed by atoms with Crippen LogP contribution in [0.4, 0.5) is 4.39 Å². The Morgan fingerprint density at radius 2 is 2.10 bits per heavy atom. The Balaban J connectivity index is 2.03. The average Bonchev–Trinajstić information content (AvgIpc) is 2.99. The molecular formula is C12H9FN4O2S. The first kappa shape index (κ1) is 12.7. The topological polar surface area (TPSA) is 69.4 Å². The fourth-order valence-corrected chi connectivity index (χ4v) is 2.49. The summed E-state index contributed by atoms with van der Waals surface area (Å²) in [5, 5.41) is 12.5. The van der Waals surface area contributed by atoms with Crippen LogP contribution in [0.25, 0.3) is 15.5 Å². The van der Waals surface area contributed by atoms with Crippen LogP contribution >= 0.6 is 11.3 Å². The predicted molar refractivity (Wildman–Crippen MR) is 70.0 cm³/mol. The van der Waals surface area contributed by atoms with Crippen molar-refractivity contribution in [3.63, 3.8) is 0 Å². The number of benzene rings is 1. The molecule has 6 nitrogen and oxygen atoms in total. The van der Waals surface area contributed by atoms with Crippen LogP contribution in [0.3, 0.4) is 0 Å². The predicted octanol–water partition coefficient (Wildman–Crippen LogP) is 2.17. The molecule has 0 saturated carbocycles. The third-order valence-corrected chi connectivity index (χ3v) is 3.49. The van der Waals surface area contributed by atoms with Crippen LogP contribution in [-0.2, 0) is 4.74 Å². The Hall–Kier alpha value is -2.35. The summed E-state index contributed by atoms with van der Waals surface area (Å²) in [6.07, 6.45) is 0. The third-order valence-electron chi connectivity index (χ3n) is 2.54. The van der Waals surface area contributed by atoms with E-state index in [0.29, 0.717) is 9.97 Å². The smallest absolute Gasteiger partial charge is 0.378 e. The molecule has 0 saturated heterocycles. The van der Waals surface area contributed by atoms with Crippen LogP contribution in [0.2, 0.25) is 0 Å². The molecule has 8 heteroatoms. The molecule has 0 aliphatic carbocycles. The van der Waals surface area contributed by atoms with Crippen LogP contribution in [0.15, 0.2) is 24.3 Å². The Morgan fingerprint density at radius 1 is 1.35 bits per heavy atom. The Morgan fingerprint density at radius 3 is 2.80 bits per heavy atom.